The molecule has 1 N–H and O–H groups in total. The summed E-state index contributed by atoms with van der Waals surface area (Å²) in [6, 6.07) is 5.66. The fourth-order valence-corrected chi connectivity index (χ4v) is 3.30. The molecule has 0 radical (unpaired) electrons. The van der Waals surface area contributed by atoms with Gasteiger partial charge in [0.25, 0.3) is 0 Å². The minimum absolute atomic E-state index is 0.190. The second-order valence-corrected chi connectivity index (χ2v) is 6.10. The molecule has 0 saturated heterocycles. The highest BCUT2D eigenvalue weighted by Gasteiger charge is 2.18. The van der Waals surface area contributed by atoms with Crippen molar-refractivity contribution in [1.29, 1.82) is 0 Å². The van der Waals surface area contributed by atoms with Gasteiger partial charge in [-0.2, -0.15) is 0 Å². The van der Waals surface area contributed by atoms with E-state index in [1.165, 1.54) is 37.7 Å². The van der Waals surface area contributed by atoms with Crippen molar-refractivity contribution in [3.63, 3.8) is 0 Å². The zero-order valence-corrected chi connectivity index (χ0v) is 12.5. The van der Waals surface area contributed by atoms with E-state index >= 15 is 0 Å². The van der Waals surface area contributed by atoms with Gasteiger partial charge >= 0.3 is 0 Å². The van der Waals surface area contributed by atoms with E-state index in [9.17, 15) is 4.39 Å². The molecule has 0 bridgehead atoms. The first-order valence-electron chi connectivity index (χ1n) is 6.83. The van der Waals surface area contributed by atoms with Crippen LogP contribution in [0.25, 0.3) is 0 Å². The van der Waals surface area contributed by atoms with Gasteiger partial charge in [-0.1, -0.05) is 31.7 Å². The molecule has 1 nitrogen and oxygen atoms in total. The zero-order valence-electron chi connectivity index (χ0n) is 10.9. The number of nitrogens with one attached hydrogen (secondary N) is 1. The average Bonchev–Trinajstić information content (AvgIpc) is 2.87. The largest absolute Gasteiger partial charge is 0.313 e. The SMILES string of the molecule is CNC(CCC1CCCC1)c1ccc(F)c(Br)c1. The number of benzene rings is 1. The Labute approximate surface area is 117 Å². The second-order valence-electron chi connectivity index (χ2n) is 5.24. The molecule has 100 valence electrons. The standard InChI is InChI=1S/C15H21BrFN/c1-18-15(9-6-11-4-2-3-5-11)12-7-8-14(17)13(16)10-12/h7-8,10-11,15,18H,2-6,9H2,1H3. The molecule has 1 saturated carbocycles. The Kier molecular flexibility index (Phi) is 5.19. The van der Waals surface area contributed by atoms with Crippen molar-refractivity contribution in [2.75, 3.05) is 7.05 Å². The van der Waals surface area contributed by atoms with E-state index in [-0.39, 0.29) is 5.82 Å². The van der Waals surface area contributed by atoms with Crippen LogP contribution in [0.1, 0.15) is 50.1 Å². The van der Waals surface area contributed by atoms with Crippen LogP contribution in [0.5, 0.6) is 0 Å². The molecule has 0 spiro atoms. The number of rotatable bonds is 5. The fourth-order valence-electron chi connectivity index (χ4n) is 2.91. The molecule has 0 aromatic heterocycles. The predicted octanol–water partition coefficient (Wildman–Crippen LogP) is 4.82. The summed E-state index contributed by atoms with van der Waals surface area (Å²) in [6.07, 6.45) is 8.00. The van der Waals surface area contributed by atoms with Crippen LogP contribution in [0.3, 0.4) is 0 Å². The molecular formula is C15H21BrFN. The van der Waals surface area contributed by atoms with Crippen LogP contribution in [0.15, 0.2) is 22.7 Å². The molecular weight excluding hydrogens is 293 g/mol. The van der Waals surface area contributed by atoms with Crippen molar-refractivity contribution in [3.05, 3.63) is 34.1 Å². The molecule has 0 aliphatic heterocycles. The summed E-state index contributed by atoms with van der Waals surface area (Å²) in [5.74, 6) is 0.717. The van der Waals surface area contributed by atoms with Gasteiger partial charge in [0.2, 0.25) is 0 Å². The molecule has 1 fully saturated rings. The van der Waals surface area contributed by atoms with Gasteiger partial charge in [-0.3, -0.25) is 0 Å². The highest BCUT2D eigenvalue weighted by Crippen LogP contribution is 2.32. The Morgan fingerprint density at radius 3 is 2.72 bits per heavy atom. The first-order valence-corrected chi connectivity index (χ1v) is 7.62. The third kappa shape index (κ3) is 3.55. The molecule has 1 aromatic carbocycles. The van der Waals surface area contributed by atoms with Crippen LogP contribution >= 0.6 is 15.9 Å². The van der Waals surface area contributed by atoms with Gasteiger partial charge in [0.1, 0.15) is 5.82 Å². The topological polar surface area (TPSA) is 12.0 Å². The molecule has 18 heavy (non-hydrogen) atoms. The van der Waals surface area contributed by atoms with Crippen LogP contribution in [0.2, 0.25) is 0 Å². The van der Waals surface area contributed by atoms with Gasteiger partial charge in [0.05, 0.1) is 4.47 Å². The highest BCUT2D eigenvalue weighted by molar-refractivity contribution is 9.10. The van der Waals surface area contributed by atoms with E-state index in [1.807, 2.05) is 19.2 Å². The maximum absolute atomic E-state index is 13.2. The van der Waals surface area contributed by atoms with Crippen molar-refractivity contribution in [2.45, 2.75) is 44.6 Å². The molecule has 2 rings (SSSR count). The molecule has 0 heterocycles. The van der Waals surface area contributed by atoms with E-state index in [1.54, 1.807) is 6.07 Å². The zero-order chi connectivity index (χ0) is 13.0. The molecule has 1 aliphatic rings. The Morgan fingerprint density at radius 1 is 1.39 bits per heavy atom. The monoisotopic (exact) mass is 313 g/mol. The Morgan fingerprint density at radius 2 is 2.11 bits per heavy atom. The second kappa shape index (κ2) is 6.67. The van der Waals surface area contributed by atoms with E-state index < -0.39 is 0 Å². The lowest BCUT2D eigenvalue weighted by atomic mass is 9.95. The summed E-state index contributed by atoms with van der Waals surface area (Å²) in [5, 5.41) is 3.35. The Hall–Kier alpha value is -0.410. The minimum Gasteiger partial charge on any atom is -0.313 e. The third-order valence-corrected chi connectivity index (χ3v) is 4.64. The minimum atomic E-state index is -0.190. The van der Waals surface area contributed by atoms with E-state index in [4.69, 9.17) is 0 Å². The van der Waals surface area contributed by atoms with Crippen LogP contribution < -0.4 is 5.32 Å². The van der Waals surface area contributed by atoms with Crippen LogP contribution in [-0.2, 0) is 0 Å². The predicted molar refractivity (Wildman–Crippen MR) is 77.1 cm³/mol. The van der Waals surface area contributed by atoms with Crippen molar-refractivity contribution < 1.29 is 4.39 Å². The summed E-state index contributed by atoms with van der Waals surface area (Å²) in [5.41, 5.74) is 1.17. The average molecular weight is 314 g/mol. The van der Waals surface area contributed by atoms with E-state index in [0.717, 1.165) is 12.3 Å². The van der Waals surface area contributed by atoms with Crippen molar-refractivity contribution >= 4 is 15.9 Å². The maximum Gasteiger partial charge on any atom is 0.137 e. The van der Waals surface area contributed by atoms with E-state index in [2.05, 4.69) is 21.2 Å². The summed E-state index contributed by atoms with van der Waals surface area (Å²) in [6.45, 7) is 0. The quantitative estimate of drug-likeness (QED) is 0.821. The van der Waals surface area contributed by atoms with Crippen LogP contribution in [-0.4, -0.2) is 7.05 Å². The highest BCUT2D eigenvalue weighted by atomic mass is 79.9. The fraction of sp³-hybridized carbons (Fsp3) is 0.600. The molecule has 1 atom stereocenters. The lowest BCUT2D eigenvalue weighted by Gasteiger charge is -2.19. The number of halogens is 2. The van der Waals surface area contributed by atoms with Gasteiger partial charge in [0, 0.05) is 6.04 Å². The smallest absolute Gasteiger partial charge is 0.137 e. The van der Waals surface area contributed by atoms with Gasteiger partial charge in [-0.25, -0.2) is 4.39 Å². The van der Waals surface area contributed by atoms with Crippen LogP contribution in [0.4, 0.5) is 4.39 Å². The summed E-state index contributed by atoms with van der Waals surface area (Å²) < 4.78 is 13.8. The first kappa shape index (κ1) is 14.0. The summed E-state index contributed by atoms with van der Waals surface area (Å²) in [4.78, 5) is 0. The van der Waals surface area contributed by atoms with Gasteiger partial charge in [0.15, 0.2) is 0 Å². The summed E-state index contributed by atoms with van der Waals surface area (Å²) >= 11 is 3.26. The van der Waals surface area contributed by atoms with Crippen molar-refractivity contribution in [2.24, 2.45) is 5.92 Å². The van der Waals surface area contributed by atoms with Crippen molar-refractivity contribution in [1.82, 2.24) is 5.32 Å². The lowest BCUT2D eigenvalue weighted by Crippen LogP contribution is -2.17. The molecule has 3 heteroatoms. The molecule has 1 aromatic rings. The van der Waals surface area contributed by atoms with E-state index in [0.29, 0.717) is 10.5 Å². The number of hydrogen-bond acceptors (Lipinski definition) is 1. The Bertz CT molecular complexity index is 388. The normalized spacial score (nSPS) is 18.2. The van der Waals surface area contributed by atoms with Crippen molar-refractivity contribution in [3.8, 4) is 0 Å². The lowest BCUT2D eigenvalue weighted by molar-refractivity contribution is 0.427. The Balaban J connectivity index is 1.96. The third-order valence-electron chi connectivity index (χ3n) is 4.03. The number of hydrogen-bond donors (Lipinski definition) is 1. The van der Waals surface area contributed by atoms with Gasteiger partial charge in [-0.05, 0) is 59.4 Å². The van der Waals surface area contributed by atoms with Gasteiger partial charge in [-0.15, -0.1) is 0 Å². The molecule has 1 unspecified atom stereocenters. The first-order chi connectivity index (χ1) is 8.70. The molecule has 1 aliphatic carbocycles. The molecule has 0 amide bonds. The van der Waals surface area contributed by atoms with Gasteiger partial charge < -0.3 is 5.32 Å². The summed E-state index contributed by atoms with van der Waals surface area (Å²) in [7, 11) is 1.98. The maximum atomic E-state index is 13.2. The van der Waals surface area contributed by atoms with Crippen LogP contribution in [0, 0.1) is 11.7 Å².